The zero-order chi connectivity index (χ0) is 55.0. The summed E-state index contributed by atoms with van der Waals surface area (Å²) < 4.78 is 17.0. The normalized spacial score (nSPS) is 12.3. The molecule has 0 saturated carbocycles. The van der Waals surface area contributed by atoms with Crippen molar-refractivity contribution in [2.45, 2.75) is 367 Å². The van der Waals surface area contributed by atoms with Crippen LogP contribution in [0.4, 0.5) is 0 Å². The molecule has 0 saturated heterocycles. The number of rotatable bonds is 62. The Bertz CT molecular complexity index is 1310. The first-order valence-electron chi connectivity index (χ1n) is 33.6. The molecule has 0 rings (SSSR count). The molecule has 0 aromatic heterocycles. The zero-order valence-corrected chi connectivity index (χ0v) is 51.0. The van der Waals surface area contributed by atoms with Gasteiger partial charge in [-0.2, -0.15) is 0 Å². The molecule has 0 aliphatic rings. The topological polar surface area (TPSA) is 78.9 Å². The second-order valence-electron chi connectivity index (χ2n) is 22.7. The van der Waals surface area contributed by atoms with Crippen molar-refractivity contribution in [3.63, 3.8) is 0 Å². The Morgan fingerprint density at radius 3 is 0.803 bits per heavy atom. The number of ether oxygens (including phenoxy) is 3. The van der Waals surface area contributed by atoms with Gasteiger partial charge >= 0.3 is 17.9 Å². The smallest absolute Gasteiger partial charge is 0.306 e. The molecule has 444 valence electrons. The summed E-state index contributed by atoms with van der Waals surface area (Å²) in [6, 6.07) is 0. The van der Waals surface area contributed by atoms with Crippen LogP contribution < -0.4 is 0 Å². The van der Waals surface area contributed by atoms with Crippen molar-refractivity contribution in [1.29, 1.82) is 0 Å². The number of carbonyl (C=O) groups is 3. The number of esters is 3. The molecule has 0 aromatic rings. The number of carbonyl (C=O) groups excluding carboxylic acids is 3. The molecule has 0 N–H and O–H groups in total. The minimum absolute atomic E-state index is 0.0710. The van der Waals surface area contributed by atoms with Gasteiger partial charge in [-0.15, -0.1) is 0 Å². The van der Waals surface area contributed by atoms with E-state index >= 15 is 0 Å². The lowest BCUT2D eigenvalue weighted by Crippen LogP contribution is -2.30. The Morgan fingerprint density at radius 1 is 0.276 bits per heavy atom. The monoisotopic (exact) mass is 1060 g/mol. The van der Waals surface area contributed by atoms with Crippen molar-refractivity contribution < 1.29 is 28.6 Å². The Hall–Kier alpha value is -2.63. The van der Waals surface area contributed by atoms with Gasteiger partial charge in [-0.1, -0.05) is 333 Å². The number of allylic oxidation sites excluding steroid dienone is 8. The number of hydrogen-bond acceptors (Lipinski definition) is 6. The van der Waals surface area contributed by atoms with Gasteiger partial charge in [0.1, 0.15) is 13.2 Å². The largest absolute Gasteiger partial charge is 0.462 e. The van der Waals surface area contributed by atoms with Gasteiger partial charge in [0.25, 0.3) is 0 Å². The minimum Gasteiger partial charge on any atom is -0.462 e. The molecule has 6 nitrogen and oxygen atoms in total. The van der Waals surface area contributed by atoms with Crippen LogP contribution in [0.15, 0.2) is 48.6 Å². The maximum atomic E-state index is 12.9. The van der Waals surface area contributed by atoms with Crippen molar-refractivity contribution >= 4 is 17.9 Å². The highest BCUT2D eigenvalue weighted by atomic mass is 16.6. The second kappa shape index (κ2) is 64.9. The maximum absolute atomic E-state index is 12.9. The van der Waals surface area contributed by atoms with Gasteiger partial charge in [0.15, 0.2) is 6.10 Å². The molecule has 76 heavy (non-hydrogen) atoms. The Balaban J connectivity index is 4.31. The Labute approximate surface area is 473 Å². The molecule has 0 aliphatic carbocycles. The molecule has 0 aromatic carbocycles. The molecule has 6 heteroatoms. The van der Waals surface area contributed by atoms with E-state index in [0.717, 1.165) is 89.9 Å². The molecule has 0 spiro atoms. The standard InChI is InChI=1S/C70H128O6/c1-4-7-10-13-16-19-22-25-28-30-32-34-36-37-39-42-45-48-51-54-57-60-63-69(72)75-66-67(65-74-68(71)62-59-56-53-50-47-44-41-27-24-21-18-15-12-9-6-3)76-70(73)64-61-58-55-52-49-46-43-40-38-35-33-31-29-26-23-20-17-14-11-8-5-2/h8,11,17,20,26,29,33,35,67H,4-7,9-10,12-16,18-19,21-25,27-28,30-32,34,36-66H2,1-3H3/b11-8-,20-17-,29-26-,35-33-. The summed E-state index contributed by atoms with van der Waals surface area (Å²) in [4.78, 5) is 38.4. The van der Waals surface area contributed by atoms with Gasteiger partial charge < -0.3 is 14.2 Å². The van der Waals surface area contributed by atoms with Crippen molar-refractivity contribution in [3.8, 4) is 0 Å². The summed E-state index contributed by atoms with van der Waals surface area (Å²) in [7, 11) is 0. The van der Waals surface area contributed by atoms with Gasteiger partial charge in [0, 0.05) is 19.3 Å². The van der Waals surface area contributed by atoms with Gasteiger partial charge in [-0.3, -0.25) is 14.4 Å². The summed E-state index contributed by atoms with van der Waals surface area (Å²) in [6.07, 6.45) is 81.2. The third-order valence-corrected chi connectivity index (χ3v) is 15.1. The predicted molar refractivity (Wildman–Crippen MR) is 330 cm³/mol. The quantitative estimate of drug-likeness (QED) is 0.0261. The molecule has 0 amide bonds. The Kier molecular flexibility index (Phi) is 62.6. The molecule has 0 fully saturated rings. The van der Waals surface area contributed by atoms with Crippen molar-refractivity contribution in [3.05, 3.63) is 48.6 Å². The van der Waals surface area contributed by atoms with Crippen LogP contribution in [-0.2, 0) is 28.6 Å². The van der Waals surface area contributed by atoms with Crippen molar-refractivity contribution in [2.24, 2.45) is 0 Å². The minimum atomic E-state index is -0.775. The summed E-state index contributed by atoms with van der Waals surface area (Å²) in [5.41, 5.74) is 0. The van der Waals surface area contributed by atoms with Crippen LogP contribution in [0.5, 0.6) is 0 Å². The van der Waals surface area contributed by atoms with Gasteiger partial charge in [0.05, 0.1) is 0 Å². The average Bonchev–Trinajstić information content (AvgIpc) is 3.42. The first-order chi connectivity index (χ1) is 37.5. The molecule has 1 atom stereocenters. The van der Waals surface area contributed by atoms with E-state index in [1.165, 1.54) is 231 Å². The van der Waals surface area contributed by atoms with E-state index in [1.807, 2.05) is 0 Å². The summed E-state index contributed by atoms with van der Waals surface area (Å²) in [5.74, 6) is -0.852. The number of unbranched alkanes of at least 4 members (excludes halogenated alkanes) is 43. The van der Waals surface area contributed by atoms with Crippen LogP contribution in [0.3, 0.4) is 0 Å². The molecule has 0 aliphatic heterocycles. The van der Waals surface area contributed by atoms with Crippen LogP contribution in [0.1, 0.15) is 361 Å². The fraction of sp³-hybridized carbons (Fsp3) is 0.843. The van der Waals surface area contributed by atoms with Crippen molar-refractivity contribution in [1.82, 2.24) is 0 Å². The first kappa shape index (κ1) is 73.4. The lowest BCUT2D eigenvalue weighted by atomic mass is 10.0. The summed E-state index contributed by atoms with van der Waals surface area (Å²) >= 11 is 0. The zero-order valence-electron chi connectivity index (χ0n) is 51.0. The van der Waals surface area contributed by atoms with Crippen molar-refractivity contribution in [2.75, 3.05) is 13.2 Å². The van der Waals surface area contributed by atoms with Crippen LogP contribution in [0.25, 0.3) is 0 Å². The van der Waals surface area contributed by atoms with E-state index in [0.29, 0.717) is 19.3 Å². The van der Waals surface area contributed by atoms with Crippen LogP contribution >= 0.6 is 0 Å². The predicted octanol–water partition coefficient (Wildman–Crippen LogP) is 22.9. The molecular weight excluding hydrogens is 937 g/mol. The lowest BCUT2D eigenvalue weighted by Gasteiger charge is -2.18. The van der Waals surface area contributed by atoms with Gasteiger partial charge in [0.2, 0.25) is 0 Å². The lowest BCUT2D eigenvalue weighted by molar-refractivity contribution is -0.167. The van der Waals surface area contributed by atoms with E-state index in [1.54, 1.807) is 0 Å². The van der Waals surface area contributed by atoms with Crippen LogP contribution in [0.2, 0.25) is 0 Å². The van der Waals surface area contributed by atoms with Gasteiger partial charge in [-0.05, 0) is 57.8 Å². The third kappa shape index (κ3) is 62.2. The van der Waals surface area contributed by atoms with Crippen LogP contribution in [-0.4, -0.2) is 37.2 Å². The van der Waals surface area contributed by atoms with E-state index in [2.05, 4.69) is 69.4 Å². The molecule has 0 radical (unpaired) electrons. The molecule has 1 unspecified atom stereocenters. The number of hydrogen-bond donors (Lipinski definition) is 0. The van der Waals surface area contributed by atoms with E-state index < -0.39 is 6.10 Å². The molecule has 0 bridgehead atoms. The highest BCUT2D eigenvalue weighted by Gasteiger charge is 2.19. The fourth-order valence-corrected chi connectivity index (χ4v) is 10.1. The van der Waals surface area contributed by atoms with Crippen LogP contribution in [0, 0.1) is 0 Å². The maximum Gasteiger partial charge on any atom is 0.306 e. The Morgan fingerprint density at radius 2 is 0.513 bits per heavy atom. The third-order valence-electron chi connectivity index (χ3n) is 15.1. The highest BCUT2D eigenvalue weighted by molar-refractivity contribution is 5.71. The fourth-order valence-electron chi connectivity index (χ4n) is 10.1. The summed E-state index contributed by atoms with van der Waals surface area (Å²) in [5, 5.41) is 0. The average molecular weight is 1070 g/mol. The first-order valence-corrected chi connectivity index (χ1v) is 33.6. The second-order valence-corrected chi connectivity index (χ2v) is 22.7. The van der Waals surface area contributed by atoms with E-state index in [4.69, 9.17) is 14.2 Å². The summed E-state index contributed by atoms with van der Waals surface area (Å²) in [6.45, 7) is 6.59. The highest BCUT2D eigenvalue weighted by Crippen LogP contribution is 2.18. The molecular formula is C70H128O6. The molecule has 0 heterocycles. The van der Waals surface area contributed by atoms with E-state index in [-0.39, 0.29) is 31.1 Å². The van der Waals surface area contributed by atoms with Gasteiger partial charge in [-0.25, -0.2) is 0 Å². The van der Waals surface area contributed by atoms with E-state index in [9.17, 15) is 14.4 Å². The SMILES string of the molecule is CC/C=C\C/C=C\C/C=C\C/C=C\CCCCCCCCCCC(=O)OC(COC(=O)CCCCCCCCCCCCCCCCC)COC(=O)CCCCCCCCCCCCCCCCCCCCCCCC.